The fraction of sp³-hybridized carbons (Fsp3) is 0.333. The van der Waals surface area contributed by atoms with Gasteiger partial charge in [-0.25, -0.2) is 0 Å². The molecule has 19 heavy (non-hydrogen) atoms. The van der Waals surface area contributed by atoms with Gasteiger partial charge in [0, 0.05) is 15.7 Å². The number of aromatic nitrogens is 2. The van der Waals surface area contributed by atoms with E-state index >= 15 is 0 Å². The average molecular weight is 326 g/mol. The van der Waals surface area contributed by atoms with E-state index in [9.17, 15) is 0 Å². The second-order valence-electron chi connectivity index (χ2n) is 4.13. The van der Waals surface area contributed by atoms with Crippen LogP contribution in [0.15, 0.2) is 27.2 Å². The predicted octanol–water partition coefficient (Wildman–Crippen LogP) is 2.17. The third-order valence-corrected chi connectivity index (χ3v) is 3.48. The van der Waals surface area contributed by atoms with Crippen molar-refractivity contribution >= 4 is 21.6 Å². The van der Waals surface area contributed by atoms with Crippen LogP contribution in [0.25, 0.3) is 11.5 Å². The van der Waals surface area contributed by atoms with Crippen molar-refractivity contribution in [2.24, 2.45) is 0 Å². The molecule has 1 aromatic heterocycles. The smallest absolute Gasteiger partial charge is 0.258 e. The maximum Gasteiger partial charge on any atom is 0.258 e. The number of nitrogens with two attached hydrogens (primary N) is 1. The van der Waals surface area contributed by atoms with Crippen LogP contribution in [-0.2, 0) is 9.47 Å². The lowest BCUT2D eigenvalue weighted by atomic mass is 10.2. The zero-order chi connectivity index (χ0) is 13.2. The third-order valence-electron chi connectivity index (χ3n) is 2.79. The van der Waals surface area contributed by atoms with Crippen molar-refractivity contribution < 1.29 is 14.0 Å². The third kappa shape index (κ3) is 2.63. The first-order valence-corrected chi connectivity index (χ1v) is 6.61. The van der Waals surface area contributed by atoms with E-state index in [2.05, 4.69) is 26.1 Å². The van der Waals surface area contributed by atoms with Crippen molar-refractivity contribution in [1.29, 1.82) is 0 Å². The Morgan fingerprint density at radius 3 is 2.95 bits per heavy atom. The molecule has 2 N–H and O–H groups in total. The van der Waals surface area contributed by atoms with E-state index in [0.717, 1.165) is 10.0 Å². The minimum absolute atomic E-state index is 0.261. The number of halogens is 1. The molecule has 1 aromatic carbocycles. The van der Waals surface area contributed by atoms with E-state index in [1.165, 1.54) is 0 Å². The van der Waals surface area contributed by atoms with Crippen molar-refractivity contribution in [2.75, 3.05) is 25.6 Å². The van der Waals surface area contributed by atoms with Crippen LogP contribution < -0.4 is 5.73 Å². The van der Waals surface area contributed by atoms with Crippen molar-refractivity contribution in [2.45, 2.75) is 6.10 Å². The number of nitrogen functional groups attached to an aromatic ring is 1. The van der Waals surface area contributed by atoms with Crippen LogP contribution in [0.3, 0.4) is 0 Å². The maximum atomic E-state index is 5.74. The quantitative estimate of drug-likeness (QED) is 0.852. The van der Waals surface area contributed by atoms with Gasteiger partial charge in [-0.05, 0) is 34.1 Å². The lowest BCUT2D eigenvalue weighted by Crippen LogP contribution is -2.22. The Morgan fingerprint density at radius 1 is 1.32 bits per heavy atom. The van der Waals surface area contributed by atoms with Crippen LogP contribution in [0.5, 0.6) is 0 Å². The van der Waals surface area contributed by atoms with Crippen LogP contribution in [0.4, 0.5) is 5.69 Å². The van der Waals surface area contributed by atoms with Gasteiger partial charge in [-0.15, -0.1) is 0 Å². The second kappa shape index (κ2) is 5.28. The zero-order valence-corrected chi connectivity index (χ0v) is 11.6. The highest BCUT2D eigenvalue weighted by atomic mass is 79.9. The van der Waals surface area contributed by atoms with Crippen molar-refractivity contribution in [1.82, 2.24) is 10.1 Å². The predicted molar refractivity (Wildman–Crippen MR) is 71.4 cm³/mol. The van der Waals surface area contributed by atoms with Gasteiger partial charge < -0.3 is 19.7 Å². The lowest BCUT2D eigenvalue weighted by molar-refractivity contribution is -0.0941. The number of hydrogen-bond acceptors (Lipinski definition) is 6. The highest BCUT2D eigenvalue weighted by Crippen LogP contribution is 2.27. The van der Waals surface area contributed by atoms with Gasteiger partial charge >= 0.3 is 0 Å². The summed E-state index contributed by atoms with van der Waals surface area (Å²) in [4.78, 5) is 4.33. The monoisotopic (exact) mass is 325 g/mol. The molecule has 2 aromatic rings. The molecule has 2 heterocycles. The molecular formula is C12H12BrN3O3. The summed E-state index contributed by atoms with van der Waals surface area (Å²) < 4.78 is 16.9. The topological polar surface area (TPSA) is 83.4 Å². The number of benzene rings is 1. The molecule has 1 atom stereocenters. The zero-order valence-electron chi connectivity index (χ0n) is 10.0. The molecule has 1 aliphatic rings. The number of rotatable bonds is 2. The second-order valence-corrected chi connectivity index (χ2v) is 4.98. The molecule has 3 rings (SSSR count). The molecule has 7 heteroatoms. The largest absolute Gasteiger partial charge is 0.398 e. The molecule has 1 aliphatic heterocycles. The molecule has 0 aliphatic carbocycles. The van der Waals surface area contributed by atoms with Crippen molar-refractivity contribution in [3.05, 3.63) is 28.5 Å². The molecule has 1 unspecified atom stereocenters. The average Bonchev–Trinajstić information content (AvgIpc) is 2.93. The van der Waals surface area contributed by atoms with E-state index in [1.807, 2.05) is 12.1 Å². The molecule has 0 saturated carbocycles. The van der Waals surface area contributed by atoms with Gasteiger partial charge in [0.25, 0.3) is 5.89 Å². The molecule has 6 nitrogen and oxygen atoms in total. The Balaban J connectivity index is 1.85. The van der Waals surface area contributed by atoms with Crippen LogP contribution in [0, 0.1) is 0 Å². The molecule has 0 spiro atoms. The summed E-state index contributed by atoms with van der Waals surface area (Å²) in [7, 11) is 0. The van der Waals surface area contributed by atoms with Gasteiger partial charge in [0.1, 0.15) is 6.10 Å². The summed E-state index contributed by atoms with van der Waals surface area (Å²) >= 11 is 3.37. The summed E-state index contributed by atoms with van der Waals surface area (Å²) in [5.41, 5.74) is 7.20. The first-order chi connectivity index (χ1) is 9.24. The van der Waals surface area contributed by atoms with Crippen LogP contribution in [-0.4, -0.2) is 30.0 Å². The minimum atomic E-state index is -0.261. The van der Waals surface area contributed by atoms with Gasteiger partial charge in [0.15, 0.2) is 0 Å². The van der Waals surface area contributed by atoms with E-state index in [-0.39, 0.29) is 6.10 Å². The van der Waals surface area contributed by atoms with E-state index in [4.69, 9.17) is 19.7 Å². The Kier molecular flexibility index (Phi) is 3.50. The van der Waals surface area contributed by atoms with Crippen LogP contribution in [0.1, 0.15) is 11.9 Å². The fourth-order valence-corrected chi connectivity index (χ4v) is 2.16. The number of ether oxygens (including phenoxy) is 2. The summed E-state index contributed by atoms with van der Waals surface area (Å²) in [6, 6.07) is 5.45. The van der Waals surface area contributed by atoms with Gasteiger partial charge in [-0.2, -0.15) is 4.98 Å². The van der Waals surface area contributed by atoms with Crippen molar-refractivity contribution in [3.63, 3.8) is 0 Å². The maximum absolute atomic E-state index is 5.74. The Hall–Kier alpha value is -1.44. The van der Waals surface area contributed by atoms with Crippen LogP contribution >= 0.6 is 15.9 Å². The molecule has 0 amide bonds. The van der Waals surface area contributed by atoms with Gasteiger partial charge in [-0.3, -0.25) is 0 Å². The number of nitrogens with zero attached hydrogens (tertiary/aromatic N) is 2. The lowest BCUT2D eigenvalue weighted by Gasteiger charge is -2.19. The number of anilines is 1. The van der Waals surface area contributed by atoms with Crippen LogP contribution in [0.2, 0.25) is 0 Å². The summed E-state index contributed by atoms with van der Waals surface area (Å²) in [5, 5.41) is 3.93. The SMILES string of the molecule is Nc1ccc(-c2nc(C3COCCO3)no2)cc1Br. The van der Waals surface area contributed by atoms with Gasteiger partial charge in [-0.1, -0.05) is 5.16 Å². The molecule has 100 valence electrons. The summed E-state index contributed by atoms with van der Waals surface area (Å²) in [6.07, 6.45) is -0.261. The summed E-state index contributed by atoms with van der Waals surface area (Å²) in [6.45, 7) is 1.60. The first kappa shape index (κ1) is 12.6. The highest BCUT2D eigenvalue weighted by Gasteiger charge is 2.22. The van der Waals surface area contributed by atoms with Gasteiger partial charge in [0.2, 0.25) is 5.82 Å². The number of hydrogen-bond donors (Lipinski definition) is 1. The van der Waals surface area contributed by atoms with E-state index in [1.54, 1.807) is 6.07 Å². The fourth-order valence-electron chi connectivity index (χ4n) is 1.78. The molecule has 1 fully saturated rings. The minimum Gasteiger partial charge on any atom is -0.398 e. The molecule has 0 radical (unpaired) electrons. The molecular weight excluding hydrogens is 314 g/mol. The Morgan fingerprint density at radius 2 is 2.21 bits per heavy atom. The molecule has 0 bridgehead atoms. The first-order valence-electron chi connectivity index (χ1n) is 5.82. The van der Waals surface area contributed by atoms with Crippen molar-refractivity contribution in [3.8, 4) is 11.5 Å². The normalized spacial score (nSPS) is 19.5. The van der Waals surface area contributed by atoms with E-state index in [0.29, 0.717) is 37.2 Å². The summed E-state index contributed by atoms with van der Waals surface area (Å²) in [5.74, 6) is 0.938. The Labute approximate surface area is 118 Å². The standard InChI is InChI=1S/C12H12BrN3O3/c13-8-5-7(1-2-9(8)14)12-15-11(16-19-12)10-6-17-3-4-18-10/h1-2,5,10H,3-4,6,14H2. The Bertz CT molecular complexity index is 581. The van der Waals surface area contributed by atoms with Gasteiger partial charge in [0.05, 0.1) is 19.8 Å². The highest BCUT2D eigenvalue weighted by molar-refractivity contribution is 9.10. The van der Waals surface area contributed by atoms with E-state index < -0.39 is 0 Å². The molecule has 1 saturated heterocycles.